The van der Waals surface area contributed by atoms with E-state index in [1.165, 1.54) is 36.5 Å². The number of rotatable bonds is 6. The summed E-state index contributed by atoms with van der Waals surface area (Å²) >= 11 is 0. The zero-order chi connectivity index (χ0) is 18.4. The van der Waals surface area contributed by atoms with Gasteiger partial charge in [0, 0.05) is 34.7 Å². The number of allylic oxidation sites excluding steroid dienone is 1. The molecule has 0 aliphatic rings. The van der Waals surface area contributed by atoms with Gasteiger partial charge in [-0.1, -0.05) is 42.5 Å². The Labute approximate surface area is 150 Å². The minimum Gasteiger partial charge on any atom is -0.361 e. The summed E-state index contributed by atoms with van der Waals surface area (Å²) in [4.78, 5) is 24.7. The van der Waals surface area contributed by atoms with Gasteiger partial charge in [0.15, 0.2) is 11.6 Å². The number of anilines is 1. The summed E-state index contributed by atoms with van der Waals surface area (Å²) in [7, 11) is 0. The molecule has 3 rings (SSSR count). The molecule has 0 atom stereocenters. The molecular formula is C22H16FNO2. The summed E-state index contributed by atoms with van der Waals surface area (Å²) in [5.74, 6) is -0.756. The fraction of sp³-hybridized carbons (Fsp3) is 0. The number of benzene rings is 3. The normalized spacial score (nSPS) is 10.7. The second-order valence-electron chi connectivity index (χ2n) is 5.59. The van der Waals surface area contributed by atoms with E-state index in [9.17, 15) is 14.0 Å². The van der Waals surface area contributed by atoms with Crippen LogP contribution in [0.15, 0.2) is 91.1 Å². The van der Waals surface area contributed by atoms with Gasteiger partial charge in [-0.15, -0.1) is 0 Å². The molecule has 0 amide bonds. The van der Waals surface area contributed by atoms with Crippen LogP contribution in [0.4, 0.5) is 10.1 Å². The highest BCUT2D eigenvalue weighted by Gasteiger charge is 2.12. The van der Waals surface area contributed by atoms with Crippen LogP contribution in [0.25, 0.3) is 0 Å². The quantitative estimate of drug-likeness (QED) is 0.512. The van der Waals surface area contributed by atoms with Gasteiger partial charge in [-0.3, -0.25) is 9.59 Å². The molecule has 0 aliphatic carbocycles. The fourth-order valence-electron chi connectivity index (χ4n) is 2.47. The molecule has 128 valence electrons. The fourth-order valence-corrected chi connectivity index (χ4v) is 2.47. The molecule has 0 saturated carbocycles. The van der Waals surface area contributed by atoms with E-state index in [2.05, 4.69) is 5.32 Å². The largest absolute Gasteiger partial charge is 0.361 e. The summed E-state index contributed by atoms with van der Waals surface area (Å²) < 4.78 is 12.9. The number of nitrogens with one attached hydrogen (secondary N) is 1. The van der Waals surface area contributed by atoms with Crippen LogP contribution in [0.5, 0.6) is 0 Å². The van der Waals surface area contributed by atoms with Gasteiger partial charge in [-0.05, 0) is 36.4 Å². The molecule has 0 spiro atoms. The Kier molecular flexibility index (Phi) is 5.34. The van der Waals surface area contributed by atoms with Gasteiger partial charge in [0.1, 0.15) is 5.82 Å². The van der Waals surface area contributed by atoms with E-state index < -0.39 is 5.82 Å². The van der Waals surface area contributed by atoms with Crippen molar-refractivity contribution in [2.45, 2.75) is 0 Å². The van der Waals surface area contributed by atoms with Gasteiger partial charge in [0.05, 0.1) is 0 Å². The van der Waals surface area contributed by atoms with Gasteiger partial charge in [-0.25, -0.2) is 4.39 Å². The highest BCUT2D eigenvalue weighted by Crippen LogP contribution is 2.19. The maximum Gasteiger partial charge on any atom is 0.195 e. The molecule has 0 saturated heterocycles. The van der Waals surface area contributed by atoms with Crippen molar-refractivity contribution in [3.05, 3.63) is 114 Å². The number of hydrogen-bond acceptors (Lipinski definition) is 3. The zero-order valence-electron chi connectivity index (χ0n) is 13.9. The first-order valence-corrected chi connectivity index (χ1v) is 8.07. The average molecular weight is 345 g/mol. The Morgan fingerprint density at radius 3 is 2.15 bits per heavy atom. The molecule has 0 fully saturated rings. The van der Waals surface area contributed by atoms with Crippen molar-refractivity contribution in [3.63, 3.8) is 0 Å². The summed E-state index contributed by atoms with van der Waals surface area (Å²) in [6.45, 7) is 0. The van der Waals surface area contributed by atoms with Crippen LogP contribution >= 0.6 is 0 Å². The van der Waals surface area contributed by atoms with E-state index in [-0.39, 0.29) is 11.6 Å². The summed E-state index contributed by atoms with van der Waals surface area (Å²) in [5.41, 5.74) is 2.09. The highest BCUT2D eigenvalue weighted by atomic mass is 19.1. The molecule has 0 aliphatic heterocycles. The molecule has 0 aromatic heterocycles. The van der Waals surface area contributed by atoms with Crippen LogP contribution in [0, 0.1) is 5.82 Å². The third kappa shape index (κ3) is 4.11. The topological polar surface area (TPSA) is 46.2 Å². The molecule has 0 bridgehead atoms. The SMILES string of the molecule is O=C(/C=C\Nc1ccccc1C(=O)c1ccccc1)c1ccc(F)cc1. The van der Waals surface area contributed by atoms with Crippen molar-refractivity contribution in [2.24, 2.45) is 0 Å². The number of halogens is 1. The Hall–Kier alpha value is -3.53. The number of carbonyl (C=O) groups excluding carboxylic acids is 2. The second-order valence-corrected chi connectivity index (χ2v) is 5.59. The van der Waals surface area contributed by atoms with Crippen molar-refractivity contribution >= 4 is 17.3 Å². The van der Waals surface area contributed by atoms with Crippen molar-refractivity contribution in [3.8, 4) is 0 Å². The van der Waals surface area contributed by atoms with Crippen LogP contribution in [0.3, 0.4) is 0 Å². The monoisotopic (exact) mass is 345 g/mol. The lowest BCUT2D eigenvalue weighted by atomic mass is 10.0. The number of para-hydroxylation sites is 1. The van der Waals surface area contributed by atoms with Gasteiger partial charge < -0.3 is 5.32 Å². The van der Waals surface area contributed by atoms with Gasteiger partial charge in [0.2, 0.25) is 0 Å². The van der Waals surface area contributed by atoms with Gasteiger partial charge in [-0.2, -0.15) is 0 Å². The Balaban J connectivity index is 1.75. The maximum absolute atomic E-state index is 12.9. The molecule has 4 heteroatoms. The average Bonchev–Trinajstić information content (AvgIpc) is 2.69. The Bertz CT molecular complexity index is 947. The molecule has 0 unspecified atom stereocenters. The molecule has 3 aromatic rings. The van der Waals surface area contributed by atoms with E-state index in [1.807, 2.05) is 18.2 Å². The predicted molar refractivity (Wildman–Crippen MR) is 99.8 cm³/mol. The first kappa shape index (κ1) is 17.3. The Morgan fingerprint density at radius 2 is 1.42 bits per heavy atom. The third-order valence-corrected chi connectivity index (χ3v) is 3.81. The zero-order valence-corrected chi connectivity index (χ0v) is 13.9. The van der Waals surface area contributed by atoms with Crippen LogP contribution in [0.1, 0.15) is 26.3 Å². The molecule has 0 heterocycles. The van der Waals surface area contributed by atoms with E-state index in [0.29, 0.717) is 22.4 Å². The summed E-state index contributed by atoms with van der Waals surface area (Å²) in [5, 5.41) is 2.98. The van der Waals surface area contributed by atoms with Crippen LogP contribution < -0.4 is 5.32 Å². The van der Waals surface area contributed by atoms with E-state index >= 15 is 0 Å². The van der Waals surface area contributed by atoms with Crippen molar-refractivity contribution < 1.29 is 14.0 Å². The molecule has 0 radical (unpaired) electrons. The third-order valence-electron chi connectivity index (χ3n) is 3.81. The lowest BCUT2D eigenvalue weighted by Crippen LogP contribution is -2.05. The van der Waals surface area contributed by atoms with Crippen LogP contribution in [-0.4, -0.2) is 11.6 Å². The molecular weight excluding hydrogens is 329 g/mol. The van der Waals surface area contributed by atoms with Gasteiger partial charge >= 0.3 is 0 Å². The summed E-state index contributed by atoms with van der Waals surface area (Å²) in [6, 6.07) is 21.4. The smallest absolute Gasteiger partial charge is 0.195 e. The first-order chi connectivity index (χ1) is 12.6. The standard InChI is InChI=1S/C22H16FNO2/c23-18-12-10-16(11-13-18)21(25)14-15-24-20-9-5-4-8-19(20)22(26)17-6-2-1-3-7-17/h1-15,24H/b15-14-. The second kappa shape index (κ2) is 8.03. The highest BCUT2D eigenvalue weighted by molar-refractivity contribution is 6.12. The van der Waals surface area contributed by atoms with Crippen LogP contribution in [0.2, 0.25) is 0 Å². The lowest BCUT2D eigenvalue weighted by Gasteiger charge is -2.08. The number of carbonyl (C=O) groups is 2. The number of hydrogen-bond donors (Lipinski definition) is 1. The molecule has 3 aromatic carbocycles. The minimum absolute atomic E-state index is 0.105. The minimum atomic E-state index is -0.392. The maximum atomic E-state index is 12.9. The summed E-state index contributed by atoms with van der Waals surface area (Å²) in [6.07, 6.45) is 2.82. The Morgan fingerprint density at radius 1 is 0.769 bits per heavy atom. The van der Waals surface area contributed by atoms with E-state index in [1.54, 1.807) is 36.4 Å². The molecule has 3 nitrogen and oxygen atoms in total. The molecule has 1 N–H and O–H groups in total. The molecule has 26 heavy (non-hydrogen) atoms. The van der Waals surface area contributed by atoms with Gasteiger partial charge in [0.25, 0.3) is 0 Å². The van der Waals surface area contributed by atoms with E-state index in [0.717, 1.165) is 0 Å². The lowest BCUT2D eigenvalue weighted by molar-refractivity contribution is 0.103. The first-order valence-electron chi connectivity index (χ1n) is 8.07. The predicted octanol–water partition coefficient (Wildman–Crippen LogP) is 4.87. The number of ketones is 2. The van der Waals surface area contributed by atoms with Crippen LogP contribution in [-0.2, 0) is 0 Å². The van der Waals surface area contributed by atoms with E-state index in [4.69, 9.17) is 0 Å². The van der Waals surface area contributed by atoms with Crippen molar-refractivity contribution in [1.82, 2.24) is 0 Å². The van der Waals surface area contributed by atoms with Crippen molar-refractivity contribution in [1.29, 1.82) is 0 Å². The van der Waals surface area contributed by atoms with Crippen molar-refractivity contribution in [2.75, 3.05) is 5.32 Å².